The van der Waals surface area contributed by atoms with Crippen LogP contribution in [0.5, 0.6) is 17.2 Å². The van der Waals surface area contributed by atoms with E-state index in [4.69, 9.17) is 9.84 Å². The molecule has 0 aromatic heterocycles. The van der Waals surface area contributed by atoms with Crippen LogP contribution >= 0.6 is 0 Å². The molecule has 8 nitrogen and oxygen atoms in total. The number of aromatic hydroxyl groups is 3. The van der Waals surface area contributed by atoms with Crippen molar-refractivity contribution in [3.05, 3.63) is 64.9 Å². The number of aliphatic hydroxyl groups is 1. The number of phenolic OH excluding ortho intramolecular Hbond substituents is 3. The van der Waals surface area contributed by atoms with Gasteiger partial charge < -0.3 is 30.3 Å². The molecule has 1 aliphatic carbocycles. The summed E-state index contributed by atoms with van der Waals surface area (Å²) >= 11 is 0. The van der Waals surface area contributed by atoms with Crippen molar-refractivity contribution in [2.45, 2.75) is 18.6 Å². The molecular formula is C21H16O8. The summed E-state index contributed by atoms with van der Waals surface area (Å²) in [5.41, 5.74) is 0.925. The molecule has 0 spiro atoms. The van der Waals surface area contributed by atoms with Gasteiger partial charge in [0.05, 0.1) is 12.0 Å². The zero-order valence-electron chi connectivity index (χ0n) is 14.9. The Morgan fingerprint density at radius 2 is 1.72 bits per heavy atom. The molecule has 5 N–H and O–H groups in total. The molecule has 0 amide bonds. The maximum Gasteiger partial charge on any atom is 0.303 e. The number of allylic oxidation sites excluding steroid dienone is 2. The van der Waals surface area contributed by atoms with E-state index in [1.807, 2.05) is 0 Å². The highest BCUT2D eigenvalue weighted by Gasteiger charge is 2.48. The van der Waals surface area contributed by atoms with Crippen LogP contribution in [0.1, 0.15) is 34.3 Å². The van der Waals surface area contributed by atoms with Crippen LogP contribution in [0.15, 0.2) is 48.2 Å². The molecular weight excluding hydrogens is 380 g/mol. The fourth-order valence-corrected chi connectivity index (χ4v) is 3.68. The Labute approximate surface area is 164 Å². The number of carbonyl (C=O) groups is 2. The molecule has 2 aromatic rings. The van der Waals surface area contributed by atoms with E-state index in [0.717, 1.165) is 12.1 Å². The number of aliphatic carboxylic acids is 1. The van der Waals surface area contributed by atoms with Gasteiger partial charge in [-0.2, -0.15) is 0 Å². The second kappa shape index (κ2) is 6.39. The smallest absolute Gasteiger partial charge is 0.303 e. The number of carboxylic acids is 1. The van der Waals surface area contributed by atoms with Crippen molar-refractivity contribution < 1.29 is 39.9 Å². The molecule has 0 radical (unpaired) electrons. The molecule has 1 heterocycles. The van der Waals surface area contributed by atoms with Gasteiger partial charge in [-0.1, -0.05) is 12.1 Å². The molecule has 0 fully saturated rings. The minimum absolute atomic E-state index is 0.00321. The van der Waals surface area contributed by atoms with Crippen molar-refractivity contribution in [3.8, 4) is 17.2 Å². The molecule has 1 unspecified atom stereocenters. The van der Waals surface area contributed by atoms with E-state index in [1.165, 1.54) is 30.3 Å². The van der Waals surface area contributed by atoms with Crippen LogP contribution in [-0.4, -0.2) is 43.1 Å². The summed E-state index contributed by atoms with van der Waals surface area (Å²) in [4.78, 5) is 23.6. The van der Waals surface area contributed by atoms with Gasteiger partial charge in [-0.3, -0.25) is 9.59 Å². The van der Waals surface area contributed by atoms with Gasteiger partial charge in [0, 0.05) is 35.3 Å². The summed E-state index contributed by atoms with van der Waals surface area (Å²) in [6.45, 7) is 0. The van der Waals surface area contributed by atoms with Crippen LogP contribution in [-0.2, 0) is 9.53 Å². The van der Waals surface area contributed by atoms with Gasteiger partial charge in [-0.15, -0.1) is 0 Å². The number of hydrogen-bond acceptors (Lipinski definition) is 7. The number of hydrogen-bond donors (Lipinski definition) is 5. The lowest BCUT2D eigenvalue weighted by molar-refractivity contribution is -0.146. The lowest BCUT2D eigenvalue weighted by Gasteiger charge is -2.25. The van der Waals surface area contributed by atoms with Crippen LogP contribution in [0.4, 0.5) is 0 Å². The molecule has 1 atom stereocenters. The summed E-state index contributed by atoms with van der Waals surface area (Å²) in [7, 11) is 0. The predicted molar refractivity (Wildman–Crippen MR) is 100 cm³/mol. The number of ketones is 1. The average Bonchev–Trinajstić information content (AvgIpc) is 2.93. The van der Waals surface area contributed by atoms with Crippen molar-refractivity contribution in [1.82, 2.24) is 0 Å². The van der Waals surface area contributed by atoms with Gasteiger partial charge in [-0.25, -0.2) is 0 Å². The van der Waals surface area contributed by atoms with Crippen LogP contribution in [0.2, 0.25) is 0 Å². The highest BCUT2D eigenvalue weighted by molar-refractivity contribution is 6.19. The molecule has 0 saturated heterocycles. The maximum absolute atomic E-state index is 12.5. The molecule has 0 saturated carbocycles. The van der Waals surface area contributed by atoms with Crippen molar-refractivity contribution in [3.63, 3.8) is 0 Å². The highest BCUT2D eigenvalue weighted by atomic mass is 16.6. The van der Waals surface area contributed by atoms with Crippen LogP contribution < -0.4 is 0 Å². The summed E-state index contributed by atoms with van der Waals surface area (Å²) in [5.74, 6) is -4.54. The van der Waals surface area contributed by atoms with Crippen molar-refractivity contribution >= 4 is 22.9 Å². The van der Waals surface area contributed by atoms with Crippen molar-refractivity contribution in [2.75, 3.05) is 0 Å². The molecule has 29 heavy (non-hydrogen) atoms. The molecule has 2 aromatic carbocycles. The van der Waals surface area contributed by atoms with Crippen LogP contribution in [0.3, 0.4) is 0 Å². The SMILES string of the molecule is O=C(O)CCC1(O)OC2=CC(=O)c3c(O)cc(O)cc3C2=C1c1ccc(O)cc1. The van der Waals surface area contributed by atoms with Gasteiger partial charge in [0.1, 0.15) is 23.0 Å². The van der Waals surface area contributed by atoms with E-state index in [1.54, 1.807) is 0 Å². The standard InChI is InChI=1S/C21H16O8/c22-11-3-1-10(2-4-11)20-19-13-7-12(23)8-14(24)18(13)15(25)9-16(19)29-21(20,28)6-5-17(26)27/h1-4,7-9,22-24,28H,5-6H2,(H,26,27). The maximum atomic E-state index is 12.5. The quantitative estimate of drug-likeness (QED) is 0.530. The number of carbonyl (C=O) groups excluding carboxylic acids is 1. The summed E-state index contributed by atoms with van der Waals surface area (Å²) in [6.07, 6.45) is 0.381. The average molecular weight is 396 g/mol. The largest absolute Gasteiger partial charge is 0.508 e. The van der Waals surface area contributed by atoms with Crippen LogP contribution in [0, 0.1) is 0 Å². The third-order valence-corrected chi connectivity index (χ3v) is 4.88. The van der Waals surface area contributed by atoms with E-state index in [2.05, 4.69) is 0 Å². The number of phenols is 3. The van der Waals surface area contributed by atoms with Crippen molar-refractivity contribution in [2.24, 2.45) is 0 Å². The van der Waals surface area contributed by atoms with Gasteiger partial charge in [0.15, 0.2) is 5.78 Å². The minimum Gasteiger partial charge on any atom is -0.508 e. The molecule has 4 rings (SSSR count). The Morgan fingerprint density at radius 3 is 2.38 bits per heavy atom. The second-order valence-electron chi connectivity index (χ2n) is 6.84. The van der Waals surface area contributed by atoms with E-state index >= 15 is 0 Å². The normalized spacial score (nSPS) is 20.0. The second-order valence-corrected chi connectivity index (χ2v) is 6.84. The molecule has 0 bridgehead atoms. The minimum atomic E-state index is -2.07. The van der Waals surface area contributed by atoms with Gasteiger partial charge in [0.25, 0.3) is 0 Å². The molecule has 148 valence electrons. The zero-order chi connectivity index (χ0) is 20.9. The Balaban J connectivity index is 2.02. The fraction of sp³-hybridized carbons (Fsp3) is 0.143. The number of benzene rings is 2. The Morgan fingerprint density at radius 1 is 1.03 bits per heavy atom. The zero-order valence-corrected chi connectivity index (χ0v) is 14.9. The summed E-state index contributed by atoms with van der Waals surface area (Å²) in [6, 6.07) is 8.09. The first-order valence-electron chi connectivity index (χ1n) is 8.70. The summed E-state index contributed by atoms with van der Waals surface area (Å²) in [5, 5.41) is 50.0. The molecule has 2 aliphatic rings. The third kappa shape index (κ3) is 2.99. The highest BCUT2D eigenvalue weighted by Crippen LogP contribution is 2.53. The van der Waals surface area contributed by atoms with Crippen molar-refractivity contribution in [1.29, 1.82) is 0 Å². The third-order valence-electron chi connectivity index (χ3n) is 4.88. The number of ether oxygens (including phenoxy) is 1. The number of rotatable bonds is 4. The van der Waals surface area contributed by atoms with E-state index in [-0.39, 0.29) is 46.0 Å². The topological polar surface area (TPSA) is 145 Å². The molecule has 8 heteroatoms. The van der Waals surface area contributed by atoms with E-state index in [0.29, 0.717) is 5.56 Å². The first-order valence-corrected chi connectivity index (χ1v) is 8.70. The van der Waals surface area contributed by atoms with Gasteiger partial charge in [0.2, 0.25) is 5.79 Å². The number of fused-ring (bicyclic) bond motifs is 3. The fourth-order valence-electron chi connectivity index (χ4n) is 3.68. The lowest BCUT2D eigenvalue weighted by Crippen LogP contribution is -2.30. The summed E-state index contributed by atoms with van der Waals surface area (Å²) < 4.78 is 5.64. The lowest BCUT2D eigenvalue weighted by atomic mass is 9.83. The van der Waals surface area contributed by atoms with Crippen LogP contribution in [0.25, 0.3) is 11.1 Å². The van der Waals surface area contributed by atoms with Gasteiger partial charge in [-0.05, 0) is 23.8 Å². The predicted octanol–water partition coefficient (Wildman–Crippen LogP) is 2.38. The van der Waals surface area contributed by atoms with Gasteiger partial charge >= 0.3 is 5.97 Å². The monoisotopic (exact) mass is 396 g/mol. The Bertz CT molecular complexity index is 1110. The Kier molecular flexibility index (Phi) is 4.09. The van der Waals surface area contributed by atoms with E-state index in [9.17, 15) is 30.0 Å². The Hall–Kier alpha value is -3.78. The molecule has 1 aliphatic heterocycles. The first kappa shape index (κ1) is 18.6. The van der Waals surface area contributed by atoms with E-state index < -0.39 is 29.7 Å². The first-order chi connectivity index (χ1) is 13.7. The number of carboxylic acid groups (broad SMARTS) is 1.